The zero-order valence-corrected chi connectivity index (χ0v) is 24.3. The molecule has 0 amide bonds. The van der Waals surface area contributed by atoms with Crippen LogP contribution < -0.4 is 0 Å². The van der Waals surface area contributed by atoms with E-state index in [1.54, 1.807) is 5.57 Å². The Morgan fingerprint density at radius 3 is 2.22 bits per heavy atom. The van der Waals surface area contributed by atoms with Gasteiger partial charge in [-0.2, -0.15) is 0 Å². The van der Waals surface area contributed by atoms with Crippen LogP contribution in [0.5, 0.6) is 0 Å². The summed E-state index contributed by atoms with van der Waals surface area (Å²) in [5, 5.41) is 19.3. The Morgan fingerprint density at radius 1 is 0.892 bits per heavy atom. The number of hydrogen-bond donors (Lipinski definition) is 2. The highest BCUT2D eigenvalue weighted by molar-refractivity contribution is 5.74. The van der Waals surface area contributed by atoms with Crippen LogP contribution in [-0.4, -0.2) is 34.9 Å². The number of aliphatic carboxylic acids is 2. The van der Waals surface area contributed by atoms with Crippen LogP contribution in [0.3, 0.4) is 0 Å². The SMILES string of the molecule is CC1(C(=O)O)CC[C@]2(C)CC[C@]3(C)C(=CC[C@@H]4[C@@]5(C)CC[C@H](OCC(=O)O)C(C)(C)C5CC[C@]43C)[C@@H]2C1. The van der Waals surface area contributed by atoms with Gasteiger partial charge in [-0.25, -0.2) is 4.79 Å². The van der Waals surface area contributed by atoms with Gasteiger partial charge in [0.2, 0.25) is 0 Å². The molecule has 9 atom stereocenters. The lowest BCUT2D eigenvalue weighted by atomic mass is 9.33. The quantitative estimate of drug-likeness (QED) is 0.383. The average Bonchev–Trinajstić information content (AvgIpc) is 2.79. The topological polar surface area (TPSA) is 83.8 Å². The largest absolute Gasteiger partial charge is 0.481 e. The van der Waals surface area contributed by atoms with Crippen molar-refractivity contribution in [1.29, 1.82) is 0 Å². The first-order chi connectivity index (χ1) is 17.0. The molecule has 0 aliphatic heterocycles. The molecule has 5 aliphatic rings. The Morgan fingerprint density at radius 2 is 1.57 bits per heavy atom. The predicted molar refractivity (Wildman–Crippen MR) is 144 cm³/mol. The molecular weight excluding hydrogens is 464 g/mol. The Balaban J connectivity index is 1.50. The van der Waals surface area contributed by atoms with Gasteiger partial charge in [0, 0.05) is 0 Å². The van der Waals surface area contributed by atoms with E-state index < -0.39 is 17.4 Å². The number of ether oxygens (including phenoxy) is 1. The Kier molecular flexibility index (Phi) is 6.12. The highest BCUT2D eigenvalue weighted by atomic mass is 16.5. The molecule has 0 saturated heterocycles. The summed E-state index contributed by atoms with van der Waals surface area (Å²) in [5.74, 6) is -0.0707. The van der Waals surface area contributed by atoms with E-state index in [9.17, 15) is 19.8 Å². The van der Waals surface area contributed by atoms with E-state index in [-0.39, 0.29) is 39.8 Å². The van der Waals surface area contributed by atoms with Crippen LogP contribution in [0.4, 0.5) is 0 Å². The number of rotatable bonds is 4. The first-order valence-electron chi connectivity index (χ1n) is 14.8. The monoisotopic (exact) mass is 514 g/mol. The van der Waals surface area contributed by atoms with Gasteiger partial charge in [-0.1, -0.05) is 53.2 Å². The summed E-state index contributed by atoms with van der Waals surface area (Å²) in [5.41, 5.74) is 1.60. The summed E-state index contributed by atoms with van der Waals surface area (Å²) in [7, 11) is 0. The molecule has 0 aromatic carbocycles. The number of carboxylic acids is 2. The van der Waals surface area contributed by atoms with E-state index in [2.05, 4.69) is 47.6 Å². The first-order valence-corrected chi connectivity index (χ1v) is 14.8. The molecule has 2 N–H and O–H groups in total. The zero-order chi connectivity index (χ0) is 27.2. The van der Waals surface area contributed by atoms with Crippen LogP contribution in [0.1, 0.15) is 113 Å². The molecule has 5 rings (SSSR count). The number of carbonyl (C=O) groups is 2. The fraction of sp³-hybridized carbons (Fsp3) is 0.875. The van der Waals surface area contributed by atoms with Gasteiger partial charge in [-0.05, 0) is 116 Å². The van der Waals surface area contributed by atoms with Crippen LogP contribution in [0, 0.1) is 50.2 Å². The lowest BCUT2D eigenvalue weighted by Crippen LogP contribution is -2.64. The molecular formula is C32H50O5. The lowest BCUT2D eigenvalue weighted by molar-refractivity contribution is -0.212. The summed E-state index contributed by atoms with van der Waals surface area (Å²) >= 11 is 0. The van der Waals surface area contributed by atoms with Crippen molar-refractivity contribution in [3.8, 4) is 0 Å². The van der Waals surface area contributed by atoms with Crippen molar-refractivity contribution in [3.05, 3.63) is 11.6 Å². The van der Waals surface area contributed by atoms with Gasteiger partial charge in [0.25, 0.3) is 0 Å². The normalized spacial score (nSPS) is 50.5. The lowest BCUT2D eigenvalue weighted by Gasteiger charge is -2.71. The molecule has 2 unspecified atom stereocenters. The Labute approximate surface area is 223 Å². The molecule has 208 valence electrons. The summed E-state index contributed by atoms with van der Waals surface area (Å²) in [6, 6.07) is 0. The zero-order valence-electron chi connectivity index (χ0n) is 24.3. The number of hydrogen-bond acceptors (Lipinski definition) is 3. The molecule has 4 saturated carbocycles. The molecule has 0 aromatic heterocycles. The molecule has 0 heterocycles. The minimum atomic E-state index is -0.885. The highest BCUT2D eigenvalue weighted by Gasteiger charge is 2.68. The van der Waals surface area contributed by atoms with Gasteiger partial charge in [0.15, 0.2) is 0 Å². The van der Waals surface area contributed by atoms with E-state index >= 15 is 0 Å². The smallest absolute Gasteiger partial charge is 0.329 e. The Bertz CT molecular complexity index is 1010. The van der Waals surface area contributed by atoms with Crippen molar-refractivity contribution in [2.75, 3.05) is 6.61 Å². The number of carboxylic acid groups (broad SMARTS) is 2. The first kappa shape index (κ1) is 27.2. The van der Waals surface area contributed by atoms with E-state index in [0.29, 0.717) is 17.8 Å². The molecule has 0 bridgehead atoms. The third-order valence-corrected chi connectivity index (χ3v) is 13.7. The fourth-order valence-electron chi connectivity index (χ4n) is 11.0. The average molecular weight is 515 g/mol. The van der Waals surface area contributed by atoms with Gasteiger partial charge in [-0.3, -0.25) is 4.79 Å². The fourth-order valence-corrected chi connectivity index (χ4v) is 11.0. The van der Waals surface area contributed by atoms with Crippen LogP contribution >= 0.6 is 0 Å². The molecule has 4 fully saturated rings. The molecule has 5 heteroatoms. The maximum absolute atomic E-state index is 12.3. The van der Waals surface area contributed by atoms with Crippen molar-refractivity contribution >= 4 is 11.9 Å². The molecule has 37 heavy (non-hydrogen) atoms. The van der Waals surface area contributed by atoms with Crippen molar-refractivity contribution in [2.24, 2.45) is 50.2 Å². The summed E-state index contributed by atoms with van der Waals surface area (Å²) in [6.45, 7) is 16.5. The van der Waals surface area contributed by atoms with Crippen molar-refractivity contribution < 1.29 is 24.5 Å². The van der Waals surface area contributed by atoms with Gasteiger partial charge in [-0.15, -0.1) is 0 Å². The van der Waals surface area contributed by atoms with Crippen molar-refractivity contribution in [2.45, 2.75) is 119 Å². The summed E-state index contributed by atoms with van der Waals surface area (Å²) < 4.78 is 5.97. The number of allylic oxidation sites excluding steroid dienone is 2. The van der Waals surface area contributed by atoms with Crippen LogP contribution in [0.2, 0.25) is 0 Å². The Hall–Kier alpha value is -1.36. The molecule has 0 aromatic rings. The summed E-state index contributed by atoms with van der Waals surface area (Å²) in [4.78, 5) is 23.5. The molecule has 0 spiro atoms. The van der Waals surface area contributed by atoms with Crippen LogP contribution in [0.15, 0.2) is 11.6 Å². The second-order valence-electron chi connectivity index (χ2n) is 15.6. The van der Waals surface area contributed by atoms with Gasteiger partial charge < -0.3 is 14.9 Å². The van der Waals surface area contributed by atoms with Crippen molar-refractivity contribution in [3.63, 3.8) is 0 Å². The predicted octanol–water partition coefficient (Wildman–Crippen LogP) is 7.34. The van der Waals surface area contributed by atoms with Gasteiger partial charge in [0.05, 0.1) is 11.5 Å². The van der Waals surface area contributed by atoms with Gasteiger partial charge in [0.1, 0.15) is 6.61 Å². The second-order valence-corrected chi connectivity index (χ2v) is 15.6. The van der Waals surface area contributed by atoms with Gasteiger partial charge >= 0.3 is 11.9 Å². The van der Waals surface area contributed by atoms with Crippen molar-refractivity contribution in [1.82, 2.24) is 0 Å². The number of fused-ring (bicyclic) bond motifs is 7. The van der Waals surface area contributed by atoms with E-state index in [1.165, 1.54) is 19.3 Å². The third kappa shape index (κ3) is 3.64. The molecule has 5 aliphatic carbocycles. The summed E-state index contributed by atoms with van der Waals surface area (Å²) in [6.07, 6.45) is 13.0. The highest BCUT2D eigenvalue weighted by Crippen LogP contribution is 2.75. The maximum Gasteiger partial charge on any atom is 0.329 e. The third-order valence-electron chi connectivity index (χ3n) is 13.7. The maximum atomic E-state index is 12.3. The molecule has 5 nitrogen and oxygen atoms in total. The standard InChI is InChI=1S/C32H50O5/c1-27(2)22-10-13-32(7)23(30(22,5)12-11-24(27)37-19-25(33)34)9-8-20-21-18-29(4,26(35)36)15-14-28(21,3)16-17-31(20,32)6/h8,21-24H,9-19H2,1-7H3,(H,33,34)(H,35,36)/t21-,22?,23+,24-,28+,29?,30-,31+,32+/m0/s1. The van der Waals surface area contributed by atoms with E-state index in [0.717, 1.165) is 44.9 Å². The van der Waals surface area contributed by atoms with Crippen LogP contribution in [-0.2, 0) is 14.3 Å². The minimum absolute atomic E-state index is 0.0114. The minimum Gasteiger partial charge on any atom is -0.481 e. The molecule has 0 radical (unpaired) electrons. The second kappa shape index (κ2) is 8.32. The van der Waals surface area contributed by atoms with Crippen LogP contribution in [0.25, 0.3) is 0 Å². The van der Waals surface area contributed by atoms with E-state index in [4.69, 9.17) is 4.74 Å². The van der Waals surface area contributed by atoms with E-state index in [1.807, 2.05) is 6.92 Å².